The van der Waals surface area contributed by atoms with Crippen molar-refractivity contribution in [1.82, 2.24) is 4.98 Å². The number of carbonyl (C=O) groups excluding carboxylic acids is 1. The van der Waals surface area contributed by atoms with Crippen molar-refractivity contribution in [2.75, 3.05) is 0 Å². The average molecular weight is 310 g/mol. The van der Waals surface area contributed by atoms with Crippen molar-refractivity contribution in [2.45, 2.75) is 19.3 Å². The fourth-order valence-electron chi connectivity index (χ4n) is 2.44. The second-order valence-corrected chi connectivity index (χ2v) is 5.28. The van der Waals surface area contributed by atoms with E-state index in [1.54, 1.807) is 0 Å². The average Bonchev–Trinajstić information content (AvgIpc) is 2.44. The molecule has 3 rings (SSSR count). The fraction of sp³-hybridized carbons (Fsp3) is 0.200. The van der Waals surface area contributed by atoms with E-state index in [0.29, 0.717) is 30.5 Å². The number of halogens is 3. The Kier molecular flexibility index (Phi) is 3.37. The van der Waals surface area contributed by atoms with Gasteiger partial charge in [0.05, 0.1) is 22.0 Å². The standard InChI is InChI=1S/C15H10ClF2NO2/c16-8-6-12(7-4-9(17)15(21)10(18)5-7)19-11-2-1-3-13(20)14(8)11/h4-6,21H,1-3H2. The number of ketones is 1. The first-order chi connectivity index (χ1) is 9.97. The number of benzene rings is 1. The summed E-state index contributed by atoms with van der Waals surface area (Å²) in [5.41, 5.74) is 1.37. The Morgan fingerprint density at radius 3 is 2.48 bits per heavy atom. The maximum atomic E-state index is 13.4. The molecule has 0 saturated heterocycles. The second-order valence-electron chi connectivity index (χ2n) is 4.88. The Bertz CT molecular complexity index is 739. The molecule has 0 bridgehead atoms. The van der Waals surface area contributed by atoms with Gasteiger partial charge < -0.3 is 5.11 Å². The van der Waals surface area contributed by atoms with Crippen LogP contribution in [0.25, 0.3) is 11.3 Å². The molecule has 0 aliphatic heterocycles. The van der Waals surface area contributed by atoms with Gasteiger partial charge in [-0.05, 0) is 31.0 Å². The minimum atomic E-state index is -1.07. The van der Waals surface area contributed by atoms with Gasteiger partial charge in [-0.2, -0.15) is 0 Å². The van der Waals surface area contributed by atoms with Crippen molar-refractivity contribution < 1.29 is 18.7 Å². The number of hydrogen-bond donors (Lipinski definition) is 1. The highest BCUT2D eigenvalue weighted by Crippen LogP contribution is 2.33. The van der Waals surface area contributed by atoms with Crippen LogP contribution in [0, 0.1) is 11.6 Å². The first kappa shape index (κ1) is 13.9. The predicted octanol–water partition coefficient (Wildman–Crippen LogP) is 3.90. The zero-order chi connectivity index (χ0) is 15.1. The summed E-state index contributed by atoms with van der Waals surface area (Å²) in [4.78, 5) is 16.1. The molecule has 0 radical (unpaired) electrons. The Morgan fingerprint density at radius 2 is 1.81 bits per heavy atom. The number of fused-ring (bicyclic) bond motifs is 1. The molecule has 0 unspecified atom stereocenters. The lowest BCUT2D eigenvalue weighted by Gasteiger charge is -2.16. The molecule has 1 aliphatic carbocycles. The maximum absolute atomic E-state index is 13.4. The van der Waals surface area contributed by atoms with Crippen molar-refractivity contribution in [3.8, 4) is 17.0 Å². The topological polar surface area (TPSA) is 50.2 Å². The van der Waals surface area contributed by atoms with Crippen molar-refractivity contribution >= 4 is 17.4 Å². The first-order valence-electron chi connectivity index (χ1n) is 6.38. The van der Waals surface area contributed by atoms with E-state index in [4.69, 9.17) is 16.7 Å². The summed E-state index contributed by atoms with van der Waals surface area (Å²) in [5, 5.41) is 9.35. The number of pyridine rings is 1. The van der Waals surface area contributed by atoms with E-state index in [2.05, 4.69) is 4.98 Å². The Hall–Kier alpha value is -2.01. The van der Waals surface area contributed by atoms with Crippen LogP contribution in [-0.2, 0) is 6.42 Å². The normalized spacial score (nSPS) is 14.1. The highest BCUT2D eigenvalue weighted by molar-refractivity contribution is 6.34. The monoisotopic (exact) mass is 309 g/mol. The van der Waals surface area contributed by atoms with Crippen molar-refractivity contribution in [3.63, 3.8) is 0 Å². The molecule has 1 aromatic heterocycles. The fourth-order valence-corrected chi connectivity index (χ4v) is 2.76. The van der Waals surface area contributed by atoms with Crippen LogP contribution in [0.2, 0.25) is 5.02 Å². The van der Waals surface area contributed by atoms with Crippen LogP contribution < -0.4 is 0 Å². The summed E-state index contributed by atoms with van der Waals surface area (Å²) in [6.07, 6.45) is 1.70. The number of phenols is 1. The van der Waals surface area contributed by atoms with Crippen molar-refractivity contribution in [3.05, 3.63) is 46.1 Å². The van der Waals surface area contributed by atoms with Crippen LogP contribution >= 0.6 is 11.6 Å². The highest BCUT2D eigenvalue weighted by Gasteiger charge is 2.23. The number of aromatic nitrogens is 1. The number of aromatic hydroxyl groups is 1. The van der Waals surface area contributed by atoms with Gasteiger partial charge in [0.15, 0.2) is 23.2 Å². The summed E-state index contributed by atoms with van der Waals surface area (Å²) < 4.78 is 26.8. The number of aryl methyl sites for hydroxylation is 1. The third-order valence-corrected chi connectivity index (χ3v) is 3.75. The summed E-state index contributed by atoms with van der Waals surface area (Å²) in [5.74, 6) is -3.24. The van der Waals surface area contributed by atoms with E-state index in [1.165, 1.54) is 6.07 Å². The molecule has 21 heavy (non-hydrogen) atoms. The van der Waals surface area contributed by atoms with E-state index in [-0.39, 0.29) is 22.1 Å². The van der Waals surface area contributed by atoms with Gasteiger partial charge >= 0.3 is 0 Å². The van der Waals surface area contributed by atoms with Crippen molar-refractivity contribution in [1.29, 1.82) is 0 Å². The van der Waals surface area contributed by atoms with E-state index >= 15 is 0 Å². The van der Waals surface area contributed by atoms with Gasteiger partial charge in [0.2, 0.25) is 0 Å². The number of Topliss-reactive ketones (excluding diaryl/α,β-unsaturated/α-hetero) is 1. The van der Waals surface area contributed by atoms with Crippen LogP contribution in [0.4, 0.5) is 8.78 Å². The first-order valence-corrected chi connectivity index (χ1v) is 6.76. The molecule has 0 saturated carbocycles. The smallest absolute Gasteiger partial charge is 0.187 e. The summed E-state index contributed by atoms with van der Waals surface area (Å²) in [6, 6.07) is 3.37. The predicted molar refractivity (Wildman–Crippen MR) is 73.5 cm³/mol. The quantitative estimate of drug-likeness (QED) is 0.869. The lowest BCUT2D eigenvalue weighted by atomic mass is 9.94. The molecule has 0 atom stereocenters. The highest BCUT2D eigenvalue weighted by atomic mass is 35.5. The van der Waals surface area contributed by atoms with E-state index in [0.717, 1.165) is 12.1 Å². The van der Waals surface area contributed by atoms with Gasteiger partial charge in [0.1, 0.15) is 0 Å². The SMILES string of the molecule is O=C1CCCc2nc(-c3cc(F)c(O)c(F)c3)cc(Cl)c21. The number of rotatable bonds is 1. The molecule has 2 aromatic rings. The van der Waals surface area contributed by atoms with E-state index in [1.807, 2.05) is 0 Å². The largest absolute Gasteiger partial charge is 0.503 e. The van der Waals surface area contributed by atoms with Crippen LogP contribution in [0.1, 0.15) is 28.9 Å². The Labute approximate surface area is 124 Å². The van der Waals surface area contributed by atoms with Crippen molar-refractivity contribution in [2.24, 2.45) is 0 Å². The summed E-state index contributed by atoms with van der Waals surface area (Å²) in [7, 11) is 0. The molecule has 0 fully saturated rings. The molecule has 1 heterocycles. The molecule has 3 nitrogen and oxygen atoms in total. The molecule has 6 heteroatoms. The Balaban J connectivity index is 2.16. The van der Waals surface area contributed by atoms with E-state index in [9.17, 15) is 13.6 Å². The van der Waals surface area contributed by atoms with Crippen LogP contribution in [0.5, 0.6) is 5.75 Å². The zero-order valence-electron chi connectivity index (χ0n) is 10.8. The minimum absolute atomic E-state index is 0.0663. The maximum Gasteiger partial charge on any atom is 0.187 e. The summed E-state index contributed by atoms with van der Waals surface area (Å²) in [6.45, 7) is 0. The van der Waals surface area contributed by atoms with Crippen LogP contribution in [-0.4, -0.2) is 15.9 Å². The molecule has 1 aliphatic rings. The summed E-state index contributed by atoms with van der Waals surface area (Å²) >= 11 is 6.11. The minimum Gasteiger partial charge on any atom is -0.503 e. The number of nitrogens with zero attached hydrogens (tertiary/aromatic N) is 1. The van der Waals surface area contributed by atoms with Crippen LogP contribution in [0.15, 0.2) is 18.2 Å². The number of carbonyl (C=O) groups is 1. The molecular weight excluding hydrogens is 300 g/mol. The lowest BCUT2D eigenvalue weighted by molar-refractivity contribution is 0.0972. The lowest BCUT2D eigenvalue weighted by Crippen LogP contribution is -2.13. The number of hydrogen-bond acceptors (Lipinski definition) is 3. The molecular formula is C15H10ClF2NO2. The number of phenolic OH excluding ortho intramolecular Hbond substituents is 1. The van der Waals surface area contributed by atoms with E-state index < -0.39 is 17.4 Å². The Morgan fingerprint density at radius 1 is 1.14 bits per heavy atom. The molecule has 1 N–H and O–H groups in total. The molecule has 0 amide bonds. The van der Waals surface area contributed by atoms with Gasteiger partial charge in [-0.1, -0.05) is 11.6 Å². The zero-order valence-corrected chi connectivity index (χ0v) is 11.5. The third kappa shape index (κ3) is 2.38. The van der Waals surface area contributed by atoms with Gasteiger partial charge in [-0.3, -0.25) is 9.78 Å². The third-order valence-electron chi connectivity index (χ3n) is 3.46. The van der Waals surface area contributed by atoms with Gasteiger partial charge in [0, 0.05) is 12.0 Å². The van der Waals surface area contributed by atoms with Gasteiger partial charge in [-0.15, -0.1) is 0 Å². The molecule has 1 aromatic carbocycles. The molecule has 0 spiro atoms. The molecule has 108 valence electrons. The second kappa shape index (κ2) is 5.07. The van der Waals surface area contributed by atoms with Gasteiger partial charge in [0.25, 0.3) is 0 Å². The van der Waals surface area contributed by atoms with Crippen LogP contribution in [0.3, 0.4) is 0 Å². The van der Waals surface area contributed by atoms with Gasteiger partial charge in [-0.25, -0.2) is 8.78 Å².